The highest BCUT2D eigenvalue weighted by Crippen LogP contribution is 2.37. The zero-order chi connectivity index (χ0) is 20.0. The van der Waals surface area contributed by atoms with Gasteiger partial charge in [-0.2, -0.15) is 22.0 Å². The number of carbonyl (C=O) groups is 1. The Kier molecular flexibility index (Phi) is 7.00. The van der Waals surface area contributed by atoms with E-state index < -0.39 is 29.7 Å². The Morgan fingerprint density at radius 3 is 2.15 bits per heavy atom. The highest BCUT2D eigenvalue weighted by atomic mass is 19.4. The minimum atomic E-state index is -5.79. The zero-order valence-corrected chi connectivity index (χ0v) is 14.5. The Hall–Kier alpha value is -2.32. The van der Waals surface area contributed by atoms with Crippen LogP contribution < -0.4 is 10.1 Å². The Morgan fingerprint density at radius 1 is 1.08 bits per heavy atom. The molecule has 1 rings (SSSR count). The molecule has 146 valence electrons. The lowest BCUT2D eigenvalue weighted by Gasteiger charge is -2.20. The summed E-state index contributed by atoms with van der Waals surface area (Å²) in [5.41, 5.74) is -0.0166. The smallest absolute Gasteiger partial charge is 0.444 e. The quantitative estimate of drug-likeness (QED) is 0.548. The molecule has 0 radical (unpaired) electrons. The lowest BCUT2D eigenvalue weighted by atomic mass is 10.2. The fourth-order valence-electron chi connectivity index (χ4n) is 1.64. The van der Waals surface area contributed by atoms with Crippen LogP contribution in [-0.2, 0) is 4.74 Å². The molecular weight excluding hydrogens is 361 g/mol. The minimum Gasteiger partial charge on any atom is -0.444 e. The molecule has 0 saturated heterocycles. The van der Waals surface area contributed by atoms with Crippen molar-refractivity contribution in [3.63, 3.8) is 0 Å². The van der Waals surface area contributed by atoms with Crippen LogP contribution >= 0.6 is 0 Å². The summed E-state index contributed by atoms with van der Waals surface area (Å²) in [5.74, 6) is -0.601. The van der Waals surface area contributed by atoms with E-state index in [2.05, 4.69) is 10.1 Å². The highest BCUT2D eigenvalue weighted by Gasteiger charge is 2.61. The summed E-state index contributed by atoms with van der Waals surface area (Å²) in [6.45, 7) is 5.55. The van der Waals surface area contributed by atoms with Gasteiger partial charge in [-0.3, -0.25) is 0 Å². The number of hydrogen-bond acceptors (Lipinski definition) is 3. The van der Waals surface area contributed by atoms with E-state index in [1.54, 1.807) is 32.9 Å². The van der Waals surface area contributed by atoms with Gasteiger partial charge in [0.15, 0.2) is 0 Å². The number of alkyl carbamates (subject to hydrolysis) is 1. The fourth-order valence-corrected chi connectivity index (χ4v) is 1.64. The van der Waals surface area contributed by atoms with Gasteiger partial charge < -0.3 is 14.8 Å². The van der Waals surface area contributed by atoms with Crippen LogP contribution in [-0.4, -0.2) is 30.5 Å². The van der Waals surface area contributed by atoms with E-state index in [9.17, 15) is 26.7 Å². The van der Waals surface area contributed by atoms with Crippen LogP contribution in [0.2, 0.25) is 0 Å². The summed E-state index contributed by atoms with van der Waals surface area (Å²) in [5, 5.41) is 2.55. The van der Waals surface area contributed by atoms with Gasteiger partial charge in [0.05, 0.1) is 0 Å². The van der Waals surface area contributed by atoms with Crippen molar-refractivity contribution < 1.29 is 36.2 Å². The van der Waals surface area contributed by atoms with Gasteiger partial charge in [0.25, 0.3) is 0 Å². The van der Waals surface area contributed by atoms with Crippen LogP contribution in [0.25, 0.3) is 6.08 Å². The molecule has 0 aliphatic heterocycles. The van der Waals surface area contributed by atoms with E-state index in [1.807, 2.05) is 0 Å². The monoisotopic (exact) mass is 381 g/mol. The lowest BCUT2D eigenvalue weighted by Crippen LogP contribution is -2.41. The van der Waals surface area contributed by atoms with Crippen LogP contribution in [0.5, 0.6) is 5.75 Å². The molecule has 1 aromatic rings. The molecule has 0 saturated carbocycles. The zero-order valence-electron chi connectivity index (χ0n) is 14.5. The van der Waals surface area contributed by atoms with Gasteiger partial charge >= 0.3 is 18.4 Å². The van der Waals surface area contributed by atoms with Crippen molar-refractivity contribution in [3.8, 4) is 5.75 Å². The summed E-state index contributed by atoms with van der Waals surface area (Å²) in [6, 6.07) is 4.69. The Morgan fingerprint density at radius 2 is 1.65 bits per heavy atom. The first-order valence-corrected chi connectivity index (χ1v) is 7.67. The maximum atomic E-state index is 12.8. The number of hydrogen-bond donors (Lipinski definition) is 1. The maximum Gasteiger partial charge on any atom is 0.499 e. The molecule has 0 aliphatic carbocycles. The molecule has 0 bridgehead atoms. The number of ether oxygens (including phenoxy) is 2. The largest absolute Gasteiger partial charge is 0.499 e. The summed E-state index contributed by atoms with van der Waals surface area (Å²) in [6.07, 6.45) is -7.77. The normalized spacial score (nSPS) is 12.9. The van der Waals surface area contributed by atoms with Gasteiger partial charge in [-0.25, -0.2) is 4.79 Å². The number of alkyl halides is 5. The van der Waals surface area contributed by atoms with Crippen LogP contribution in [0.3, 0.4) is 0 Å². The maximum absolute atomic E-state index is 12.8. The third-order valence-corrected chi connectivity index (χ3v) is 2.75. The fraction of sp³-hybridized carbons (Fsp3) is 0.471. The summed E-state index contributed by atoms with van der Waals surface area (Å²) in [4.78, 5) is 11.4. The van der Waals surface area contributed by atoms with Crippen molar-refractivity contribution in [3.05, 3.63) is 35.9 Å². The number of amides is 1. The molecule has 0 unspecified atom stereocenters. The molecular formula is C17H20F5NO3. The lowest BCUT2D eigenvalue weighted by molar-refractivity contribution is -0.360. The van der Waals surface area contributed by atoms with Gasteiger partial charge in [-0.15, -0.1) is 0 Å². The van der Waals surface area contributed by atoms with Crippen LogP contribution in [0.4, 0.5) is 26.7 Å². The van der Waals surface area contributed by atoms with Gasteiger partial charge in [0.1, 0.15) is 11.4 Å². The Balaban J connectivity index is 2.45. The molecule has 1 amide bonds. The molecule has 1 aromatic carbocycles. The molecule has 0 aliphatic rings. The molecule has 26 heavy (non-hydrogen) atoms. The predicted octanol–water partition coefficient (Wildman–Crippen LogP) is 5.15. The van der Waals surface area contributed by atoms with E-state index in [-0.39, 0.29) is 0 Å². The van der Waals surface area contributed by atoms with Crippen molar-refractivity contribution in [2.45, 2.75) is 45.1 Å². The number of carbonyl (C=O) groups excluding carboxylic acids is 1. The average molecular weight is 381 g/mol. The van der Waals surface area contributed by atoms with E-state index >= 15 is 0 Å². The second kappa shape index (κ2) is 8.37. The first-order chi connectivity index (χ1) is 11.8. The number of halogens is 5. The van der Waals surface area contributed by atoms with E-state index in [1.165, 1.54) is 12.1 Å². The van der Waals surface area contributed by atoms with Gasteiger partial charge in [0.2, 0.25) is 0 Å². The molecule has 4 nitrogen and oxygen atoms in total. The summed E-state index contributed by atoms with van der Waals surface area (Å²) < 4.78 is 70.5. The van der Waals surface area contributed by atoms with Crippen LogP contribution in [0.1, 0.15) is 32.8 Å². The van der Waals surface area contributed by atoms with Crippen molar-refractivity contribution in [2.75, 3.05) is 6.54 Å². The molecule has 0 fully saturated rings. The van der Waals surface area contributed by atoms with Crippen molar-refractivity contribution in [1.29, 1.82) is 0 Å². The standard InChI is InChI=1S/C17H20F5NO3/c1-15(2,3)26-14(24)23-11-5-4-6-12-7-9-13(10-8-12)25-17(21,22)16(18,19)20/h4,6-10H,5,11H2,1-3H3,(H,23,24). The van der Waals surface area contributed by atoms with Crippen LogP contribution in [0.15, 0.2) is 30.3 Å². The number of benzene rings is 1. The third-order valence-electron chi connectivity index (χ3n) is 2.75. The SMILES string of the molecule is CC(C)(C)OC(=O)NCCC=Cc1ccc(OC(F)(F)C(F)(F)F)cc1. The molecule has 1 N–H and O–H groups in total. The van der Waals surface area contributed by atoms with E-state index in [0.717, 1.165) is 12.1 Å². The van der Waals surface area contributed by atoms with E-state index in [0.29, 0.717) is 18.5 Å². The molecule has 0 heterocycles. The molecule has 9 heteroatoms. The van der Waals surface area contributed by atoms with Crippen molar-refractivity contribution in [1.82, 2.24) is 5.32 Å². The minimum absolute atomic E-state index is 0.324. The first kappa shape index (κ1) is 21.7. The van der Waals surface area contributed by atoms with Crippen molar-refractivity contribution in [2.24, 2.45) is 0 Å². The average Bonchev–Trinajstić information content (AvgIpc) is 2.45. The van der Waals surface area contributed by atoms with E-state index in [4.69, 9.17) is 4.74 Å². The van der Waals surface area contributed by atoms with Gasteiger partial charge in [-0.1, -0.05) is 24.3 Å². The second-order valence-electron chi connectivity index (χ2n) is 6.31. The predicted molar refractivity (Wildman–Crippen MR) is 86.0 cm³/mol. The first-order valence-electron chi connectivity index (χ1n) is 7.67. The molecule has 0 atom stereocenters. The van der Waals surface area contributed by atoms with Crippen LogP contribution in [0, 0.1) is 0 Å². The number of nitrogens with one attached hydrogen (secondary N) is 1. The van der Waals surface area contributed by atoms with Gasteiger partial charge in [-0.05, 0) is 44.9 Å². The third kappa shape index (κ3) is 7.71. The molecule has 0 aromatic heterocycles. The Labute approximate surface area is 148 Å². The van der Waals surface area contributed by atoms with Gasteiger partial charge in [0, 0.05) is 6.54 Å². The number of rotatable bonds is 6. The summed E-state index contributed by atoms with van der Waals surface area (Å²) >= 11 is 0. The van der Waals surface area contributed by atoms with Crippen molar-refractivity contribution >= 4 is 12.2 Å². The summed E-state index contributed by atoms with van der Waals surface area (Å²) in [7, 11) is 0. The highest BCUT2D eigenvalue weighted by molar-refractivity contribution is 5.67. The second-order valence-corrected chi connectivity index (χ2v) is 6.31. The Bertz CT molecular complexity index is 619. The molecule has 0 spiro atoms. The topological polar surface area (TPSA) is 47.6 Å².